The summed E-state index contributed by atoms with van der Waals surface area (Å²) in [5.74, 6) is 1.45. The normalized spacial score (nSPS) is 23.1. The van der Waals surface area contributed by atoms with Crippen LogP contribution in [0.15, 0.2) is 24.3 Å². The maximum Gasteiger partial charge on any atom is 0.343 e. The molecule has 1 aliphatic rings. The minimum atomic E-state index is -0.843. The van der Waals surface area contributed by atoms with Crippen LogP contribution in [-0.2, 0) is 14.3 Å². The van der Waals surface area contributed by atoms with Gasteiger partial charge in [-0.3, -0.25) is 4.79 Å². The first-order valence-electron chi connectivity index (χ1n) is 10.1. The number of methoxy groups -OCH3 is 1. The van der Waals surface area contributed by atoms with Crippen molar-refractivity contribution in [3.8, 4) is 5.75 Å². The van der Waals surface area contributed by atoms with E-state index in [9.17, 15) is 14.7 Å². The molecule has 1 saturated carbocycles. The lowest BCUT2D eigenvalue weighted by Gasteiger charge is -2.36. The van der Waals surface area contributed by atoms with E-state index in [1.54, 1.807) is 24.3 Å². The minimum Gasteiger partial charge on any atom is -0.482 e. The number of esters is 1. The molecule has 0 bridgehead atoms. The molecule has 6 nitrogen and oxygen atoms in total. The topological polar surface area (TPSA) is 84.9 Å². The smallest absolute Gasteiger partial charge is 0.343 e. The van der Waals surface area contributed by atoms with Gasteiger partial charge in [-0.25, -0.2) is 4.79 Å². The molecule has 0 aliphatic heterocycles. The molecule has 0 aromatic heterocycles. The van der Waals surface area contributed by atoms with Gasteiger partial charge in [0.1, 0.15) is 5.75 Å². The molecular weight excluding hydrogens is 358 g/mol. The molecule has 0 radical (unpaired) electrons. The van der Waals surface area contributed by atoms with Crippen molar-refractivity contribution in [3.05, 3.63) is 29.8 Å². The standard InChI is InChI=1S/C22H33NO5/c1-14(2)18-9-8-15(3)10-19(18)22(26)23-12-20(24)16-6-5-7-17(11-16)28-13-21(25)27-4/h5-7,11,14-15,18-20,24H,8-10,12-13H2,1-4H3,(H,23,26)/t15?,18-,19+,20?/m0/s1. The molecule has 0 spiro atoms. The van der Waals surface area contributed by atoms with Crippen LogP contribution in [0.4, 0.5) is 0 Å². The fourth-order valence-electron chi connectivity index (χ4n) is 3.96. The second-order valence-electron chi connectivity index (χ2n) is 8.13. The molecule has 0 heterocycles. The summed E-state index contributed by atoms with van der Waals surface area (Å²) < 4.78 is 9.89. The van der Waals surface area contributed by atoms with E-state index in [0.717, 1.165) is 12.8 Å². The summed E-state index contributed by atoms with van der Waals surface area (Å²) in [5.41, 5.74) is 0.625. The van der Waals surface area contributed by atoms with Gasteiger partial charge in [0, 0.05) is 12.5 Å². The van der Waals surface area contributed by atoms with Crippen molar-refractivity contribution in [2.75, 3.05) is 20.3 Å². The highest BCUT2D eigenvalue weighted by atomic mass is 16.6. The van der Waals surface area contributed by atoms with Crippen molar-refractivity contribution in [1.82, 2.24) is 5.32 Å². The highest BCUT2D eigenvalue weighted by Gasteiger charge is 2.35. The van der Waals surface area contributed by atoms with Crippen LogP contribution in [0.3, 0.4) is 0 Å². The Labute approximate surface area is 167 Å². The first-order valence-corrected chi connectivity index (χ1v) is 10.1. The zero-order valence-corrected chi connectivity index (χ0v) is 17.3. The molecule has 4 atom stereocenters. The van der Waals surface area contributed by atoms with Crippen LogP contribution in [0.1, 0.15) is 51.7 Å². The molecular formula is C22H33NO5. The van der Waals surface area contributed by atoms with Gasteiger partial charge in [0.25, 0.3) is 0 Å². The summed E-state index contributed by atoms with van der Waals surface area (Å²) in [6.07, 6.45) is 2.32. The lowest BCUT2D eigenvalue weighted by atomic mass is 9.70. The summed E-state index contributed by atoms with van der Waals surface area (Å²) in [7, 11) is 1.30. The van der Waals surface area contributed by atoms with Gasteiger partial charge in [0.2, 0.25) is 5.91 Å². The second-order valence-corrected chi connectivity index (χ2v) is 8.13. The van der Waals surface area contributed by atoms with E-state index >= 15 is 0 Å². The Morgan fingerprint density at radius 3 is 2.71 bits per heavy atom. The molecule has 28 heavy (non-hydrogen) atoms. The number of aliphatic hydroxyl groups excluding tert-OH is 1. The van der Waals surface area contributed by atoms with Crippen molar-refractivity contribution in [3.63, 3.8) is 0 Å². The van der Waals surface area contributed by atoms with Gasteiger partial charge in [0.15, 0.2) is 6.61 Å². The predicted octanol–water partition coefficient (Wildman–Crippen LogP) is 3.10. The Hall–Kier alpha value is -2.08. The fraction of sp³-hybridized carbons (Fsp3) is 0.636. The average Bonchev–Trinajstić information content (AvgIpc) is 2.69. The van der Waals surface area contributed by atoms with E-state index in [1.807, 2.05) is 0 Å². The van der Waals surface area contributed by atoms with Crippen LogP contribution in [0.25, 0.3) is 0 Å². The number of carbonyl (C=O) groups excluding carboxylic acids is 2. The predicted molar refractivity (Wildman–Crippen MR) is 107 cm³/mol. The summed E-state index contributed by atoms with van der Waals surface area (Å²) in [6.45, 7) is 6.51. The Morgan fingerprint density at radius 1 is 1.29 bits per heavy atom. The van der Waals surface area contributed by atoms with Crippen molar-refractivity contribution in [2.24, 2.45) is 23.7 Å². The van der Waals surface area contributed by atoms with E-state index in [1.165, 1.54) is 13.5 Å². The third-order valence-electron chi connectivity index (χ3n) is 5.66. The zero-order valence-electron chi connectivity index (χ0n) is 17.3. The Bertz CT molecular complexity index is 660. The molecule has 6 heteroatoms. The maximum atomic E-state index is 12.8. The van der Waals surface area contributed by atoms with Crippen molar-refractivity contribution >= 4 is 11.9 Å². The van der Waals surface area contributed by atoms with Gasteiger partial charge < -0.3 is 19.9 Å². The van der Waals surface area contributed by atoms with Crippen LogP contribution in [-0.4, -0.2) is 37.2 Å². The maximum absolute atomic E-state index is 12.8. The molecule has 1 fully saturated rings. The molecule has 0 saturated heterocycles. The van der Waals surface area contributed by atoms with Gasteiger partial charge in [0.05, 0.1) is 13.2 Å². The lowest BCUT2D eigenvalue weighted by molar-refractivity contribution is -0.142. The number of carbonyl (C=O) groups is 2. The third-order valence-corrected chi connectivity index (χ3v) is 5.66. The third kappa shape index (κ3) is 6.23. The Kier molecular flexibility index (Phi) is 8.30. The number of hydrogen-bond acceptors (Lipinski definition) is 5. The molecule has 1 aliphatic carbocycles. The molecule has 2 unspecified atom stereocenters. The quantitative estimate of drug-likeness (QED) is 0.665. The van der Waals surface area contributed by atoms with Crippen LogP contribution >= 0.6 is 0 Å². The zero-order chi connectivity index (χ0) is 20.7. The van der Waals surface area contributed by atoms with Gasteiger partial charge >= 0.3 is 5.97 Å². The first kappa shape index (κ1) is 22.2. The van der Waals surface area contributed by atoms with E-state index in [2.05, 4.69) is 30.8 Å². The van der Waals surface area contributed by atoms with Gasteiger partial charge in [-0.2, -0.15) is 0 Å². The van der Waals surface area contributed by atoms with Crippen LogP contribution < -0.4 is 10.1 Å². The Balaban J connectivity index is 1.92. The number of ether oxygens (including phenoxy) is 2. The fourth-order valence-corrected chi connectivity index (χ4v) is 3.96. The van der Waals surface area contributed by atoms with E-state index in [0.29, 0.717) is 29.1 Å². The number of benzene rings is 1. The summed E-state index contributed by atoms with van der Waals surface area (Å²) in [5, 5.41) is 13.4. The summed E-state index contributed by atoms with van der Waals surface area (Å²) >= 11 is 0. The summed E-state index contributed by atoms with van der Waals surface area (Å²) in [6, 6.07) is 6.87. The van der Waals surface area contributed by atoms with E-state index in [-0.39, 0.29) is 25.0 Å². The van der Waals surface area contributed by atoms with E-state index in [4.69, 9.17) is 4.74 Å². The van der Waals surface area contributed by atoms with Crippen molar-refractivity contribution in [1.29, 1.82) is 0 Å². The summed E-state index contributed by atoms with van der Waals surface area (Å²) in [4.78, 5) is 24.0. The van der Waals surface area contributed by atoms with Gasteiger partial charge in [-0.15, -0.1) is 0 Å². The molecule has 1 amide bonds. The van der Waals surface area contributed by atoms with Crippen LogP contribution in [0, 0.1) is 23.7 Å². The van der Waals surface area contributed by atoms with Crippen LogP contribution in [0.2, 0.25) is 0 Å². The minimum absolute atomic E-state index is 0.00525. The molecule has 1 aromatic rings. The number of nitrogens with one attached hydrogen (secondary N) is 1. The number of hydrogen-bond donors (Lipinski definition) is 2. The molecule has 1 aromatic carbocycles. The molecule has 2 N–H and O–H groups in total. The average molecular weight is 392 g/mol. The Morgan fingerprint density at radius 2 is 2.04 bits per heavy atom. The van der Waals surface area contributed by atoms with Gasteiger partial charge in [-0.1, -0.05) is 39.3 Å². The second kappa shape index (κ2) is 10.5. The lowest BCUT2D eigenvalue weighted by Crippen LogP contribution is -2.41. The molecule has 156 valence electrons. The van der Waals surface area contributed by atoms with E-state index < -0.39 is 12.1 Å². The van der Waals surface area contributed by atoms with Crippen molar-refractivity contribution < 1.29 is 24.2 Å². The number of rotatable bonds is 8. The molecule has 2 rings (SSSR count). The van der Waals surface area contributed by atoms with Gasteiger partial charge in [-0.05, 0) is 48.3 Å². The first-order chi connectivity index (χ1) is 13.3. The highest BCUT2D eigenvalue weighted by Crippen LogP contribution is 2.38. The number of aliphatic hydroxyl groups is 1. The number of amides is 1. The highest BCUT2D eigenvalue weighted by molar-refractivity contribution is 5.79. The monoisotopic (exact) mass is 391 g/mol. The van der Waals surface area contributed by atoms with Crippen LogP contribution in [0.5, 0.6) is 5.75 Å². The SMILES string of the molecule is COC(=O)COc1cccc(C(O)CNC(=O)[C@@H]2CC(C)CC[C@H]2C(C)C)c1. The van der Waals surface area contributed by atoms with Crippen molar-refractivity contribution in [2.45, 2.75) is 46.1 Å². The largest absolute Gasteiger partial charge is 0.482 e.